The maximum Gasteiger partial charge on any atom is 0.220 e. The van der Waals surface area contributed by atoms with Gasteiger partial charge >= 0.3 is 0 Å². The summed E-state index contributed by atoms with van der Waals surface area (Å²) in [5.74, 6) is 0.304. The van der Waals surface area contributed by atoms with E-state index >= 15 is 0 Å². The van der Waals surface area contributed by atoms with Gasteiger partial charge in [0.15, 0.2) is 0 Å². The highest BCUT2D eigenvalue weighted by Crippen LogP contribution is 2.30. The van der Waals surface area contributed by atoms with Gasteiger partial charge in [0.05, 0.1) is 0 Å². The third-order valence-electron chi connectivity index (χ3n) is 6.70. The van der Waals surface area contributed by atoms with Gasteiger partial charge in [-0.1, -0.05) is 55.0 Å². The molecule has 31 heavy (non-hydrogen) atoms. The second-order valence-electron chi connectivity index (χ2n) is 8.96. The van der Waals surface area contributed by atoms with E-state index in [1.807, 2.05) is 12.1 Å². The van der Waals surface area contributed by atoms with Gasteiger partial charge in [-0.3, -0.25) is 4.79 Å². The molecule has 0 bridgehead atoms. The quantitative estimate of drug-likeness (QED) is 0.466. The van der Waals surface area contributed by atoms with Crippen LogP contribution in [-0.2, 0) is 11.2 Å². The molecule has 2 unspecified atom stereocenters. The number of hydrogen-bond acceptors (Lipinski definition) is 2. The van der Waals surface area contributed by atoms with Crippen LogP contribution in [0.4, 0.5) is 0 Å². The van der Waals surface area contributed by atoms with E-state index in [1.165, 1.54) is 42.3 Å². The molecule has 1 saturated heterocycles. The summed E-state index contributed by atoms with van der Waals surface area (Å²) < 4.78 is 0. The standard InChI is InChI=1S/C27H35N3O/c1-21-10-7-8-16-30(21)17-9-15-28-27(31)19-23(18-22-11-3-2-4-12-22)25-20-29-26-14-6-5-13-24(25)26/h2-6,11-14,20-21,23,29H,7-10,15-19H2,1H3,(H,28,31). The maximum absolute atomic E-state index is 12.9. The number of nitrogens with zero attached hydrogens (tertiary/aromatic N) is 1. The summed E-state index contributed by atoms with van der Waals surface area (Å²) in [6, 6.07) is 19.5. The van der Waals surface area contributed by atoms with Crippen LogP contribution in [0.3, 0.4) is 0 Å². The minimum Gasteiger partial charge on any atom is -0.361 e. The lowest BCUT2D eigenvalue weighted by Gasteiger charge is -2.33. The first kappa shape index (κ1) is 21.6. The van der Waals surface area contributed by atoms with Crippen molar-refractivity contribution in [2.24, 2.45) is 0 Å². The van der Waals surface area contributed by atoms with Gasteiger partial charge in [0.1, 0.15) is 0 Å². The van der Waals surface area contributed by atoms with Crippen LogP contribution in [0.5, 0.6) is 0 Å². The lowest BCUT2D eigenvalue weighted by atomic mass is 9.88. The average Bonchev–Trinajstić information content (AvgIpc) is 3.22. The Hall–Kier alpha value is -2.59. The van der Waals surface area contributed by atoms with E-state index in [4.69, 9.17) is 0 Å². The normalized spacial score (nSPS) is 18.2. The van der Waals surface area contributed by atoms with Crippen molar-refractivity contribution < 1.29 is 4.79 Å². The number of carbonyl (C=O) groups is 1. The van der Waals surface area contributed by atoms with Crippen molar-refractivity contribution in [3.8, 4) is 0 Å². The summed E-state index contributed by atoms with van der Waals surface area (Å²) in [6.07, 6.45) is 8.44. The Morgan fingerprint density at radius 3 is 2.77 bits per heavy atom. The van der Waals surface area contributed by atoms with E-state index < -0.39 is 0 Å². The minimum atomic E-state index is 0.151. The summed E-state index contributed by atoms with van der Waals surface area (Å²) in [7, 11) is 0. The van der Waals surface area contributed by atoms with Crippen LogP contribution in [0, 0.1) is 0 Å². The number of para-hydroxylation sites is 1. The molecule has 0 radical (unpaired) electrons. The molecule has 2 N–H and O–H groups in total. The molecule has 1 aliphatic heterocycles. The van der Waals surface area contributed by atoms with Gasteiger partial charge in [0.2, 0.25) is 5.91 Å². The van der Waals surface area contributed by atoms with Gasteiger partial charge in [-0.15, -0.1) is 0 Å². The van der Waals surface area contributed by atoms with Crippen molar-refractivity contribution in [1.82, 2.24) is 15.2 Å². The molecule has 3 aromatic rings. The van der Waals surface area contributed by atoms with Crippen LogP contribution in [0.1, 0.15) is 56.1 Å². The van der Waals surface area contributed by atoms with Crippen molar-refractivity contribution >= 4 is 16.8 Å². The molecule has 0 spiro atoms. The molecule has 4 rings (SSSR count). The van der Waals surface area contributed by atoms with Crippen molar-refractivity contribution in [2.75, 3.05) is 19.6 Å². The van der Waals surface area contributed by atoms with E-state index in [-0.39, 0.29) is 11.8 Å². The number of carbonyl (C=O) groups excluding carboxylic acids is 1. The van der Waals surface area contributed by atoms with Gasteiger partial charge < -0.3 is 15.2 Å². The van der Waals surface area contributed by atoms with Crippen LogP contribution in [0.25, 0.3) is 10.9 Å². The summed E-state index contributed by atoms with van der Waals surface area (Å²) in [5, 5.41) is 4.41. The SMILES string of the molecule is CC1CCCCN1CCCNC(=O)CC(Cc1ccccc1)c1c[nH]c2ccccc12. The molecule has 2 aromatic carbocycles. The van der Waals surface area contributed by atoms with Crippen molar-refractivity contribution in [3.05, 3.63) is 71.9 Å². The van der Waals surface area contributed by atoms with Gasteiger partial charge in [-0.2, -0.15) is 0 Å². The average molecular weight is 418 g/mol. The zero-order valence-corrected chi connectivity index (χ0v) is 18.6. The molecule has 1 fully saturated rings. The first-order valence-corrected chi connectivity index (χ1v) is 11.8. The lowest BCUT2D eigenvalue weighted by molar-refractivity contribution is -0.121. The fraction of sp³-hybridized carbons (Fsp3) is 0.444. The van der Waals surface area contributed by atoms with E-state index in [0.29, 0.717) is 12.5 Å². The Kier molecular flexibility index (Phi) is 7.42. The minimum absolute atomic E-state index is 0.151. The molecule has 1 aromatic heterocycles. The highest BCUT2D eigenvalue weighted by atomic mass is 16.1. The van der Waals surface area contributed by atoms with Gasteiger partial charge in [0, 0.05) is 42.7 Å². The van der Waals surface area contributed by atoms with Crippen LogP contribution < -0.4 is 5.32 Å². The number of nitrogens with one attached hydrogen (secondary N) is 2. The fourth-order valence-corrected chi connectivity index (χ4v) is 4.92. The topological polar surface area (TPSA) is 48.1 Å². The number of aromatic amines is 1. The number of piperidine rings is 1. The molecular weight excluding hydrogens is 382 g/mol. The van der Waals surface area contributed by atoms with Crippen LogP contribution in [-0.4, -0.2) is 41.5 Å². The largest absolute Gasteiger partial charge is 0.361 e. The van der Waals surface area contributed by atoms with Gasteiger partial charge in [0.25, 0.3) is 0 Å². The molecule has 1 aliphatic rings. The smallest absolute Gasteiger partial charge is 0.220 e. The number of amides is 1. The van der Waals surface area contributed by atoms with E-state index in [0.717, 1.165) is 31.4 Å². The third kappa shape index (κ3) is 5.76. The Labute approximate surface area is 186 Å². The number of benzene rings is 2. The van der Waals surface area contributed by atoms with Crippen molar-refractivity contribution in [1.29, 1.82) is 0 Å². The second-order valence-corrected chi connectivity index (χ2v) is 8.96. The predicted molar refractivity (Wildman–Crippen MR) is 128 cm³/mol. The second kappa shape index (κ2) is 10.6. The van der Waals surface area contributed by atoms with Crippen LogP contribution >= 0.6 is 0 Å². The predicted octanol–water partition coefficient (Wildman–Crippen LogP) is 5.27. The number of aromatic nitrogens is 1. The Balaban J connectivity index is 1.37. The van der Waals surface area contributed by atoms with E-state index in [2.05, 4.69) is 70.8 Å². The maximum atomic E-state index is 12.9. The molecule has 164 valence electrons. The number of likely N-dealkylation sites (tertiary alicyclic amines) is 1. The highest BCUT2D eigenvalue weighted by Gasteiger charge is 2.21. The first-order valence-electron chi connectivity index (χ1n) is 11.8. The number of fused-ring (bicyclic) bond motifs is 1. The number of hydrogen-bond donors (Lipinski definition) is 2. The molecular formula is C27H35N3O. The van der Waals surface area contributed by atoms with E-state index in [1.54, 1.807) is 0 Å². The van der Waals surface area contributed by atoms with Crippen LogP contribution in [0.15, 0.2) is 60.8 Å². The summed E-state index contributed by atoms with van der Waals surface area (Å²) in [6.45, 7) is 5.37. The Bertz CT molecular complexity index is 965. The molecule has 4 nitrogen and oxygen atoms in total. The summed E-state index contributed by atoms with van der Waals surface area (Å²) in [5.41, 5.74) is 3.63. The third-order valence-corrected chi connectivity index (χ3v) is 6.70. The van der Waals surface area contributed by atoms with Crippen molar-refractivity contribution in [3.63, 3.8) is 0 Å². The lowest BCUT2D eigenvalue weighted by Crippen LogP contribution is -2.39. The number of H-pyrrole nitrogens is 1. The van der Waals surface area contributed by atoms with E-state index in [9.17, 15) is 4.79 Å². The molecule has 4 heteroatoms. The van der Waals surface area contributed by atoms with Crippen molar-refractivity contribution in [2.45, 2.75) is 57.4 Å². The van der Waals surface area contributed by atoms with Crippen LogP contribution in [0.2, 0.25) is 0 Å². The zero-order valence-electron chi connectivity index (χ0n) is 18.6. The molecule has 0 saturated carbocycles. The highest BCUT2D eigenvalue weighted by molar-refractivity contribution is 5.85. The zero-order chi connectivity index (χ0) is 21.5. The Morgan fingerprint density at radius 2 is 1.94 bits per heavy atom. The van der Waals surface area contributed by atoms with Gasteiger partial charge in [-0.05, 0) is 62.3 Å². The molecule has 1 amide bonds. The molecule has 2 heterocycles. The molecule has 0 aliphatic carbocycles. The Morgan fingerprint density at radius 1 is 1.13 bits per heavy atom. The number of rotatable bonds is 9. The molecule has 2 atom stereocenters. The summed E-state index contributed by atoms with van der Waals surface area (Å²) >= 11 is 0. The summed E-state index contributed by atoms with van der Waals surface area (Å²) in [4.78, 5) is 18.8. The first-order chi connectivity index (χ1) is 15.2. The monoisotopic (exact) mass is 417 g/mol. The van der Waals surface area contributed by atoms with Gasteiger partial charge in [-0.25, -0.2) is 0 Å². The fourth-order valence-electron chi connectivity index (χ4n) is 4.92.